The number of aryl methyl sites for hydroxylation is 1. The van der Waals surface area contributed by atoms with Crippen molar-refractivity contribution in [1.29, 1.82) is 5.26 Å². The number of hydrogen-bond acceptors (Lipinski definition) is 3. The van der Waals surface area contributed by atoms with Gasteiger partial charge in [0.25, 0.3) is 0 Å². The maximum atomic E-state index is 8.78. The predicted molar refractivity (Wildman–Crippen MR) is 66.4 cm³/mol. The Morgan fingerprint density at radius 1 is 1.47 bits per heavy atom. The molecule has 1 aromatic carbocycles. The van der Waals surface area contributed by atoms with Crippen LogP contribution in [-0.4, -0.2) is 5.75 Å². The van der Waals surface area contributed by atoms with Crippen molar-refractivity contribution in [2.24, 2.45) is 0 Å². The van der Waals surface area contributed by atoms with Gasteiger partial charge >= 0.3 is 0 Å². The molecule has 0 amide bonds. The minimum atomic E-state index is 1.17. The van der Waals surface area contributed by atoms with Crippen LogP contribution in [-0.2, 0) is 6.42 Å². The molecule has 1 aliphatic rings. The second-order valence-electron chi connectivity index (χ2n) is 3.77. The fraction of sp³-hybridized carbons (Fsp3) is 0.417. The highest BCUT2D eigenvalue weighted by atomic mass is 32.2. The fourth-order valence-corrected chi connectivity index (χ4v) is 3.83. The van der Waals surface area contributed by atoms with Crippen LogP contribution in [0.25, 0.3) is 0 Å². The lowest BCUT2D eigenvalue weighted by Crippen LogP contribution is -2.03. The van der Waals surface area contributed by atoms with E-state index < -0.39 is 0 Å². The highest BCUT2D eigenvalue weighted by Crippen LogP contribution is 2.38. The summed E-state index contributed by atoms with van der Waals surface area (Å²) in [5.41, 5.74) is 4.03. The quantitative estimate of drug-likeness (QED) is 0.544. The molecule has 2 rings (SSSR count). The highest BCUT2D eigenvalue weighted by Gasteiger charge is 2.16. The minimum Gasteiger partial charge on any atom is -0.185 e. The van der Waals surface area contributed by atoms with E-state index in [0.717, 1.165) is 0 Å². The standard InChI is InChI=1S/C12H13NS2/c1-8-6-11-10(4-3-5-14-11)9(2)12(8)15-7-13/h6H,3-5H2,1-2H3. The van der Waals surface area contributed by atoms with Crippen molar-refractivity contribution in [3.63, 3.8) is 0 Å². The van der Waals surface area contributed by atoms with Crippen LogP contribution in [0.3, 0.4) is 0 Å². The summed E-state index contributed by atoms with van der Waals surface area (Å²) in [6.45, 7) is 4.25. The summed E-state index contributed by atoms with van der Waals surface area (Å²) in [5.74, 6) is 1.23. The van der Waals surface area contributed by atoms with Gasteiger partial charge in [-0.2, -0.15) is 5.26 Å². The van der Waals surface area contributed by atoms with Crippen molar-refractivity contribution in [2.75, 3.05) is 5.75 Å². The van der Waals surface area contributed by atoms with Crippen molar-refractivity contribution in [3.05, 3.63) is 22.8 Å². The van der Waals surface area contributed by atoms with E-state index in [4.69, 9.17) is 5.26 Å². The van der Waals surface area contributed by atoms with Crippen molar-refractivity contribution in [2.45, 2.75) is 36.5 Å². The van der Waals surface area contributed by atoms with E-state index >= 15 is 0 Å². The van der Waals surface area contributed by atoms with Gasteiger partial charge in [-0.3, -0.25) is 0 Å². The number of hydrogen-bond donors (Lipinski definition) is 0. The number of benzene rings is 1. The van der Waals surface area contributed by atoms with Crippen molar-refractivity contribution in [3.8, 4) is 5.40 Å². The molecule has 0 bridgehead atoms. The van der Waals surface area contributed by atoms with Crippen LogP contribution >= 0.6 is 23.5 Å². The molecule has 0 aromatic heterocycles. The monoisotopic (exact) mass is 235 g/mol. The molecule has 0 aliphatic carbocycles. The summed E-state index contributed by atoms with van der Waals surface area (Å²) in [7, 11) is 0. The zero-order chi connectivity index (χ0) is 10.8. The molecule has 0 fully saturated rings. The summed E-state index contributed by atoms with van der Waals surface area (Å²) in [5, 5.41) is 11.0. The lowest BCUT2D eigenvalue weighted by Gasteiger charge is -2.20. The maximum Gasteiger partial charge on any atom is 0.138 e. The van der Waals surface area contributed by atoms with E-state index in [0.29, 0.717) is 0 Å². The Hall–Kier alpha value is -0.590. The number of thiocyanates is 1. The van der Waals surface area contributed by atoms with Crippen molar-refractivity contribution in [1.82, 2.24) is 0 Å². The maximum absolute atomic E-state index is 8.78. The first-order chi connectivity index (χ1) is 7.24. The van der Waals surface area contributed by atoms with Gasteiger partial charge in [0, 0.05) is 9.79 Å². The fourth-order valence-electron chi connectivity index (χ4n) is 2.04. The van der Waals surface area contributed by atoms with E-state index in [1.165, 1.54) is 56.8 Å². The van der Waals surface area contributed by atoms with Crippen molar-refractivity contribution < 1.29 is 0 Å². The molecule has 0 unspecified atom stereocenters. The summed E-state index contributed by atoms with van der Waals surface area (Å²) >= 11 is 3.25. The predicted octanol–water partition coefficient (Wildman–Crippen LogP) is 3.91. The Kier molecular flexibility index (Phi) is 3.28. The number of fused-ring (bicyclic) bond motifs is 1. The lowest BCUT2D eigenvalue weighted by molar-refractivity contribution is 0.866. The Balaban J connectivity index is 2.55. The normalized spacial score (nSPS) is 14.5. The molecule has 15 heavy (non-hydrogen) atoms. The van der Waals surface area contributed by atoms with Gasteiger partial charge in [-0.05, 0) is 67.0 Å². The summed E-state index contributed by atoms with van der Waals surface area (Å²) in [6.07, 6.45) is 2.44. The first-order valence-electron chi connectivity index (χ1n) is 5.06. The average molecular weight is 235 g/mol. The molecule has 1 aromatic rings. The summed E-state index contributed by atoms with van der Waals surface area (Å²) in [6, 6.07) is 2.24. The molecular formula is C12H13NS2. The van der Waals surface area contributed by atoms with Gasteiger partial charge in [0.05, 0.1) is 0 Å². The van der Waals surface area contributed by atoms with E-state index in [1.54, 1.807) is 0 Å². The van der Waals surface area contributed by atoms with Gasteiger partial charge < -0.3 is 0 Å². The van der Waals surface area contributed by atoms with Gasteiger partial charge in [0.2, 0.25) is 0 Å². The van der Waals surface area contributed by atoms with Crippen LogP contribution < -0.4 is 0 Å². The third-order valence-electron chi connectivity index (χ3n) is 2.77. The Bertz CT molecular complexity index is 432. The molecular weight excluding hydrogens is 222 g/mol. The van der Waals surface area contributed by atoms with E-state index in [2.05, 4.69) is 25.3 Å². The molecule has 0 spiro atoms. The highest BCUT2D eigenvalue weighted by molar-refractivity contribution is 8.03. The van der Waals surface area contributed by atoms with E-state index in [9.17, 15) is 0 Å². The molecule has 0 N–H and O–H groups in total. The molecule has 1 nitrogen and oxygen atoms in total. The van der Waals surface area contributed by atoms with Gasteiger partial charge in [-0.25, -0.2) is 0 Å². The van der Waals surface area contributed by atoms with E-state index in [-0.39, 0.29) is 0 Å². The molecule has 3 heteroatoms. The van der Waals surface area contributed by atoms with Gasteiger partial charge in [0.15, 0.2) is 0 Å². The smallest absolute Gasteiger partial charge is 0.138 e. The van der Waals surface area contributed by atoms with Crippen LogP contribution in [0.15, 0.2) is 15.9 Å². The lowest BCUT2D eigenvalue weighted by atomic mass is 10.0. The SMILES string of the molecule is Cc1cc2c(c(C)c1SC#N)CCCS2. The van der Waals surface area contributed by atoms with Gasteiger partial charge in [0.1, 0.15) is 5.40 Å². The molecule has 1 aliphatic heterocycles. The molecule has 0 radical (unpaired) electrons. The van der Waals surface area contributed by atoms with Crippen LogP contribution in [0.2, 0.25) is 0 Å². The third-order valence-corrected chi connectivity index (χ3v) is 4.86. The van der Waals surface area contributed by atoms with Gasteiger partial charge in [-0.1, -0.05) is 0 Å². The topological polar surface area (TPSA) is 23.8 Å². The Labute approximate surface area is 99.3 Å². The Morgan fingerprint density at radius 3 is 3.00 bits per heavy atom. The number of thioether (sulfide) groups is 2. The number of nitrogens with zero attached hydrogens (tertiary/aromatic N) is 1. The van der Waals surface area contributed by atoms with Gasteiger partial charge in [-0.15, -0.1) is 11.8 Å². The van der Waals surface area contributed by atoms with Crippen LogP contribution in [0.4, 0.5) is 0 Å². The molecule has 78 valence electrons. The van der Waals surface area contributed by atoms with Crippen LogP contribution in [0.1, 0.15) is 23.1 Å². The zero-order valence-electron chi connectivity index (χ0n) is 8.96. The zero-order valence-corrected chi connectivity index (χ0v) is 10.6. The third kappa shape index (κ3) is 2.02. The summed E-state index contributed by atoms with van der Waals surface area (Å²) < 4.78 is 0. The van der Waals surface area contributed by atoms with Crippen LogP contribution in [0.5, 0.6) is 0 Å². The number of nitriles is 1. The molecule has 0 saturated heterocycles. The minimum absolute atomic E-state index is 1.17. The second-order valence-corrected chi connectivity index (χ2v) is 5.70. The molecule has 0 saturated carbocycles. The molecule has 0 atom stereocenters. The summed E-state index contributed by atoms with van der Waals surface area (Å²) in [4.78, 5) is 2.59. The van der Waals surface area contributed by atoms with Crippen molar-refractivity contribution >= 4 is 23.5 Å². The van der Waals surface area contributed by atoms with Crippen LogP contribution in [0, 0.1) is 24.5 Å². The second kappa shape index (κ2) is 4.51. The first-order valence-corrected chi connectivity index (χ1v) is 6.86. The number of rotatable bonds is 1. The first kappa shape index (κ1) is 10.9. The van der Waals surface area contributed by atoms with E-state index in [1.807, 2.05) is 11.8 Å². The molecule has 1 heterocycles. The Morgan fingerprint density at radius 2 is 2.27 bits per heavy atom. The largest absolute Gasteiger partial charge is 0.185 e. The average Bonchev–Trinajstić information content (AvgIpc) is 2.24.